The Bertz CT molecular complexity index is 1090. The number of hydrogen-bond donors (Lipinski definition) is 2. The highest BCUT2D eigenvalue weighted by Crippen LogP contribution is 2.38. The molecule has 2 aliphatic rings. The van der Waals surface area contributed by atoms with Gasteiger partial charge in [-0.3, -0.25) is 0 Å². The zero-order valence-electron chi connectivity index (χ0n) is 18.7. The maximum absolute atomic E-state index is 11.7. The second-order valence-corrected chi connectivity index (χ2v) is 11.8. The van der Waals surface area contributed by atoms with Gasteiger partial charge in [0.05, 0.1) is 22.9 Å². The number of nitrogens with one attached hydrogen (secondary N) is 1. The number of aryl methyl sites for hydroxylation is 1. The lowest BCUT2D eigenvalue weighted by Crippen LogP contribution is -2.53. The number of rotatable bonds is 8. The van der Waals surface area contributed by atoms with E-state index in [1.54, 1.807) is 0 Å². The molecule has 1 fully saturated rings. The molecule has 3 N–H and O–H groups in total. The summed E-state index contributed by atoms with van der Waals surface area (Å²) >= 11 is 12.3. The Morgan fingerprint density at radius 3 is 2.55 bits per heavy atom. The van der Waals surface area contributed by atoms with Gasteiger partial charge < -0.3 is 10.5 Å². The van der Waals surface area contributed by atoms with Gasteiger partial charge >= 0.3 is 0 Å². The highest BCUT2D eigenvalue weighted by Gasteiger charge is 2.39. The van der Waals surface area contributed by atoms with Crippen molar-refractivity contribution in [3.8, 4) is 5.75 Å². The first-order valence-electron chi connectivity index (χ1n) is 11.1. The van der Waals surface area contributed by atoms with Crippen molar-refractivity contribution < 1.29 is 13.2 Å². The first-order chi connectivity index (χ1) is 15.1. The zero-order valence-corrected chi connectivity index (χ0v) is 21.8. The predicted octanol–water partition coefficient (Wildman–Crippen LogP) is 5.26. The van der Waals surface area contributed by atoms with Crippen LogP contribution in [0.15, 0.2) is 36.4 Å². The Kier molecular flexibility index (Phi) is 8.63. The molecule has 2 aromatic rings. The van der Waals surface area contributed by atoms with Crippen LogP contribution >= 0.6 is 35.6 Å². The van der Waals surface area contributed by atoms with Crippen LogP contribution in [0.1, 0.15) is 54.7 Å². The molecular weight excluding hydrogens is 503 g/mol. The number of nitrogens with two attached hydrogens (primary N) is 1. The highest BCUT2D eigenvalue weighted by atomic mass is 35.5. The average Bonchev–Trinajstić information content (AvgIpc) is 2.70. The van der Waals surface area contributed by atoms with Crippen molar-refractivity contribution in [2.45, 2.75) is 62.4 Å². The molecule has 9 heteroatoms. The lowest BCUT2D eigenvalue weighted by molar-refractivity contribution is 0.165. The molecule has 0 radical (unpaired) electrons. The zero-order chi connectivity index (χ0) is 22.9. The summed E-state index contributed by atoms with van der Waals surface area (Å²) < 4.78 is 32.3. The van der Waals surface area contributed by atoms with Crippen molar-refractivity contribution in [2.24, 2.45) is 5.73 Å². The van der Waals surface area contributed by atoms with E-state index in [2.05, 4.69) is 16.9 Å². The topological polar surface area (TPSA) is 81.4 Å². The molecule has 4 rings (SSSR count). The Labute approximate surface area is 212 Å². The van der Waals surface area contributed by atoms with E-state index in [-0.39, 0.29) is 29.9 Å². The molecule has 0 aliphatic heterocycles. The lowest BCUT2D eigenvalue weighted by Gasteiger charge is -2.41. The average molecular weight is 534 g/mol. The number of sulfonamides is 1. The van der Waals surface area contributed by atoms with Crippen LogP contribution in [-0.2, 0) is 22.9 Å². The van der Waals surface area contributed by atoms with Crippen LogP contribution in [0.5, 0.6) is 5.75 Å². The Morgan fingerprint density at radius 2 is 1.91 bits per heavy atom. The number of halogens is 3. The Balaban J connectivity index is 0.00000306. The standard InChI is InChI=1S/C24H30Cl2N2O3S.ClH/c1-32(29,30)28-24(9-2-10-24)11-12-31-18-6-4-17-5-8-23(27)20(19(17)15-18)13-16-3-7-21(25)22(26)14-16;/h3-4,6-7,14-15,20,23,28H,2,5,8-13,27H2,1H3;1H. The van der Waals surface area contributed by atoms with Gasteiger partial charge in [-0.2, -0.15) is 0 Å². The summed E-state index contributed by atoms with van der Waals surface area (Å²) in [6.07, 6.45) is 7.31. The van der Waals surface area contributed by atoms with E-state index in [9.17, 15) is 8.42 Å². The molecule has 2 aliphatic carbocycles. The van der Waals surface area contributed by atoms with E-state index in [0.717, 1.165) is 49.8 Å². The van der Waals surface area contributed by atoms with Crippen molar-refractivity contribution in [1.29, 1.82) is 0 Å². The molecule has 2 atom stereocenters. The van der Waals surface area contributed by atoms with Gasteiger partial charge in [-0.15, -0.1) is 12.4 Å². The van der Waals surface area contributed by atoms with Gasteiger partial charge in [0.15, 0.2) is 0 Å². The largest absolute Gasteiger partial charge is 0.494 e. The predicted molar refractivity (Wildman–Crippen MR) is 138 cm³/mol. The first kappa shape index (κ1) is 26.6. The second-order valence-electron chi connectivity index (χ2n) is 9.23. The van der Waals surface area contributed by atoms with E-state index in [1.807, 2.05) is 24.3 Å². The van der Waals surface area contributed by atoms with E-state index in [0.29, 0.717) is 23.1 Å². The number of benzene rings is 2. The minimum atomic E-state index is -3.24. The third-order valence-electron chi connectivity index (χ3n) is 6.78. The van der Waals surface area contributed by atoms with E-state index >= 15 is 0 Å². The quantitative estimate of drug-likeness (QED) is 0.485. The van der Waals surface area contributed by atoms with E-state index in [1.165, 1.54) is 17.4 Å². The lowest BCUT2D eigenvalue weighted by atomic mass is 9.75. The van der Waals surface area contributed by atoms with Gasteiger partial charge in [-0.05, 0) is 79.5 Å². The van der Waals surface area contributed by atoms with Gasteiger partial charge in [0.1, 0.15) is 5.75 Å². The van der Waals surface area contributed by atoms with E-state index in [4.69, 9.17) is 33.7 Å². The third-order valence-corrected chi connectivity index (χ3v) is 8.33. The van der Waals surface area contributed by atoms with Crippen molar-refractivity contribution in [3.05, 3.63) is 63.1 Å². The molecule has 0 saturated heterocycles. The van der Waals surface area contributed by atoms with Gasteiger partial charge in [0.2, 0.25) is 10.0 Å². The monoisotopic (exact) mass is 532 g/mol. The van der Waals surface area contributed by atoms with Gasteiger partial charge in [-0.1, -0.05) is 35.3 Å². The van der Waals surface area contributed by atoms with Crippen LogP contribution in [-0.4, -0.2) is 32.9 Å². The summed E-state index contributed by atoms with van der Waals surface area (Å²) in [6.45, 7) is 0.463. The van der Waals surface area contributed by atoms with E-state index < -0.39 is 10.0 Å². The minimum absolute atomic E-state index is 0. The minimum Gasteiger partial charge on any atom is -0.494 e. The summed E-state index contributed by atoms with van der Waals surface area (Å²) in [6, 6.07) is 12.0. The molecule has 0 spiro atoms. The van der Waals surface area contributed by atoms with Crippen molar-refractivity contribution >= 4 is 45.6 Å². The van der Waals surface area contributed by atoms with Crippen LogP contribution in [0, 0.1) is 0 Å². The Hall–Kier alpha value is -1.02. The summed E-state index contributed by atoms with van der Waals surface area (Å²) in [5.74, 6) is 0.968. The number of ether oxygens (including phenoxy) is 1. The summed E-state index contributed by atoms with van der Waals surface area (Å²) in [5, 5.41) is 1.10. The van der Waals surface area contributed by atoms with Crippen LogP contribution in [0.3, 0.4) is 0 Å². The molecule has 0 aromatic heterocycles. The molecule has 5 nitrogen and oxygen atoms in total. The third kappa shape index (κ3) is 6.56. The fraction of sp³-hybridized carbons (Fsp3) is 0.500. The molecule has 182 valence electrons. The summed E-state index contributed by atoms with van der Waals surface area (Å²) in [7, 11) is -3.24. The molecule has 1 saturated carbocycles. The first-order valence-corrected chi connectivity index (χ1v) is 13.7. The maximum atomic E-state index is 11.7. The maximum Gasteiger partial charge on any atom is 0.209 e. The molecular formula is C24H31Cl3N2O3S. The number of hydrogen-bond acceptors (Lipinski definition) is 4. The van der Waals surface area contributed by atoms with Gasteiger partial charge in [0, 0.05) is 23.9 Å². The molecule has 2 unspecified atom stereocenters. The molecule has 2 aromatic carbocycles. The number of fused-ring (bicyclic) bond motifs is 1. The SMILES string of the molecule is CS(=O)(=O)NC1(CCOc2ccc3c(c2)C(Cc2ccc(Cl)c(Cl)c2)C(N)CC3)CCC1.Cl. The van der Waals surface area contributed by atoms with Gasteiger partial charge in [0.25, 0.3) is 0 Å². The van der Waals surface area contributed by atoms with Crippen molar-refractivity contribution in [3.63, 3.8) is 0 Å². The molecule has 33 heavy (non-hydrogen) atoms. The van der Waals surface area contributed by atoms with Crippen LogP contribution < -0.4 is 15.2 Å². The molecule has 0 bridgehead atoms. The summed E-state index contributed by atoms with van der Waals surface area (Å²) in [4.78, 5) is 0. The second kappa shape index (κ2) is 10.7. The van der Waals surface area contributed by atoms with Crippen LogP contribution in [0.25, 0.3) is 0 Å². The highest BCUT2D eigenvalue weighted by molar-refractivity contribution is 7.88. The molecule has 0 amide bonds. The fourth-order valence-electron chi connectivity index (χ4n) is 4.94. The van der Waals surface area contributed by atoms with Gasteiger partial charge in [-0.25, -0.2) is 13.1 Å². The summed E-state index contributed by atoms with van der Waals surface area (Å²) in [5.41, 5.74) is 9.81. The fourth-order valence-corrected chi connectivity index (χ4v) is 6.35. The normalized spacial score (nSPS) is 21.5. The molecule has 0 heterocycles. The van der Waals surface area contributed by atoms with Crippen LogP contribution in [0.4, 0.5) is 0 Å². The van der Waals surface area contributed by atoms with Crippen LogP contribution in [0.2, 0.25) is 10.0 Å². The Morgan fingerprint density at radius 1 is 1.15 bits per heavy atom. The van der Waals surface area contributed by atoms with Crippen molar-refractivity contribution in [2.75, 3.05) is 12.9 Å². The van der Waals surface area contributed by atoms with Crippen molar-refractivity contribution in [1.82, 2.24) is 4.72 Å². The smallest absolute Gasteiger partial charge is 0.209 e.